The van der Waals surface area contributed by atoms with Crippen LogP contribution in [0.3, 0.4) is 0 Å². The number of aryl methyl sites for hydroxylation is 1. The van der Waals surface area contributed by atoms with Crippen molar-refractivity contribution >= 4 is 34.5 Å². The first-order valence-corrected chi connectivity index (χ1v) is 15.0. The lowest BCUT2D eigenvalue weighted by Gasteiger charge is -2.18. The molecule has 0 bridgehead atoms. The van der Waals surface area contributed by atoms with E-state index in [1.54, 1.807) is 55.5 Å². The van der Waals surface area contributed by atoms with Crippen molar-refractivity contribution < 1.29 is 38.5 Å². The third kappa shape index (κ3) is 7.89. The Morgan fingerprint density at radius 1 is 1.07 bits per heavy atom. The molecule has 44 heavy (non-hydrogen) atoms. The molecular formula is C34H34O9S. The standard InChI is InChI=1S/C34H34O9S/c1-4-9-25-27(16-14-23(21(3)35)32(25)37)41-17-8-6-5-7-10-31(33(38)28-15-11-20(2)42-28)44-22-12-13-24-26(36)19-30(34(39)40)43-29(24)18-22/h5-7,10-16,18-19,31,33,37-38H,4,8-9,17H2,1-3H3,(H,39,40)/t31-,33+/m0/s1. The number of Topliss-reactive ketones (excluding diaryl/α,β-unsaturated/α-hetero) is 1. The van der Waals surface area contributed by atoms with Gasteiger partial charge in [-0.3, -0.25) is 9.59 Å². The van der Waals surface area contributed by atoms with Crippen molar-refractivity contribution in [3.8, 4) is 11.5 Å². The van der Waals surface area contributed by atoms with Gasteiger partial charge in [-0.1, -0.05) is 37.6 Å². The number of aliphatic hydroxyl groups is 1. The van der Waals surface area contributed by atoms with Gasteiger partial charge in [0.2, 0.25) is 5.76 Å². The minimum atomic E-state index is -1.34. The van der Waals surface area contributed by atoms with Crippen LogP contribution in [0.1, 0.15) is 70.8 Å². The molecule has 2 aromatic carbocycles. The monoisotopic (exact) mass is 618 g/mol. The summed E-state index contributed by atoms with van der Waals surface area (Å²) in [6.07, 6.45) is 8.29. The Labute approximate surface area is 258 Å². The largest absolute Gasteiger partial charge is 0.507 e. The first-order valence-electron chi connectivity index (χ1n) is 14.1. The highest BCUT2D eigenvalue weighted by Gasteiger charge is 2.23. The molecule has 230 valence electrons. The summed E-state index contributed by atoms with van der Waals surface area (Å²) < 4.78 is 17.0. The van der Waals surface area contributed by atoms with Crippen LogP contribution >= 0.6 is 11.8 Å². The molecule has 4 aromatic rings. The fourth-order valence-corrected chi connectivity index (χ4v) is 5.64. The van der Waals surface area contributed by atoms with Crippen LogP contribution in [0.2, 0.25) is 0 Å². The zero-order valence-electron chi connectivity index (χ0n) is 24.6. The average molecular weight is 619 g/mol. The normalized spacial score (nSPS) is 13.1. The molecule has 0 unspecified atom stereocenters. The summed E-state index contributed by atoms with van der Waals surface area (Å²) >= 11 is 1.30. The van der Waals surface area contributed by atoms with Crippen molar-refractivity contribution in [3.05, 3.63) is 111 Å². The maximum Gasteiger partial charge on any atom is 0.371 e. The summed E-state index contributed by atoms with van der Waals surface area (Å²) in [5.41, 5.74) is 0.585. The molecule has 2 heterocycles. The van der Waals surface area contributed by atoms with E-state index in [-0.39, 0.29) is 28.1 Å². The summed E-state index contributed by atoms with van der Waals surface area (Å²) in [5, 5.41) is 30.7. The van der Waals surface area contributed by atoms with Crippen LogP contribution in [-0.2, 0) is 6.42 Å². The van der Waals surface area contributed by atoms with Crippen molar-refractivity contribution in [3.63, 3.8) is 0 Å². The SMILES string of the molecule is CCCc1c(OCCC=CC=C[C@H](Sc2ccc3c(=O)cc(C(=O)O)oc3c2)[C@H](O)c2ccc(C)o2)ccc(C(C)=O)c1O. The fraction of sp³-hybridized carbons (Fsp3) is 0.265. The first kappa shape index (κ1) is 32.4. The molecule has 4 rings (SSSR count). The third-order valence-electron chi connectivity index (χ3n) is 6.76. The number of phenols is 1. The van der Waals surface area contributed by atoms with Gasteiger partial charge in [0.05, 0.1) is 22.8 Å². The van der Waals surface area contributed by atoms with E-state index in [1.807, 2.05) is 25.2 Å². The highest BCUT2D eigenvalue weighted by molar-refractivity contribution is 8.00. The third-order valence-corrected chi connectivity index (χ3v) is 7.97. The van der Waals surface area contributed by atoms with Gasteiger partial charge in [-0.15, -0.1) is 11.8 Å². The average Bonchev–Trinajstić information content (AvgIpc) is 3.42. The molecule has 0 saturated heterocycles. The van der Waals surface area contributed by atoms with Crippen LogP contribution in [0, 0.1) is 6.92 Å². The van der Waals surface area contributed by atoms with Crippen LogP contribution in [0.15, 0.2) is 91.4 Å². The second-order valence-electron chi connectivity index (χ2n) is 10.1. The number of carbonyl (C=O) groups excluding carboxylic acids is 1. The molecule has 10 heteroatoms. The van der Waals surface area contributed by atoms with E-state index in [2.05, 4.69) is 0 Å². The molecule has 0 spiro atoms. The number of furan rings is 1. The number of allylic oxidation sites excluding steroid dienone is 2. The molecular weight excluding hydrogens is 584 g/mol. The van der Waals surface area contributed by atoms with Crippen LogP contribution in [0.4, 0.5) is 0 Å². The summed E-state index contributed by atoms with van der Waals surface area (Å²) in [4.78, 5) is 36.1. The molecule has 0 saturated carbocycles. The molecule has 0 radical (unpaired) electrons. The topological polar surface area (TPSA) is 147 Å². The van der Waals surface area contributed by atoms with Crippen LogP contribution in [0.25, 0.3) is 11.0 Å². The van der Waals surface area contributed by atoms with Crippen LogP contribution < -0.4 is 10.2 Å². The minimum absolute atomic E-state index is 0.0277. The molecule has 9 nitrogen and oxygen atoms in total. The van der Waals surface area contributed by atoms with Gasteiger partial charge >= 0.3 is 5.97 Å². The molecule has 0 amide bonds. The number of carboxylic acids is 1. The van der Waals surface area contributed by atoms with Crippen molar-refractivity contribution in [1.82, 2.24) is 0 Å². The van der Waals surface area contributed by atoms with Gasteiger partial charge in [0.15, 0.2) is 11.2 Å². The maximum atomic E-state index is 12.3. The minimum Gasteiger partial charge on any atom is -0.507 e. The number of hydrogen-bond donors (Lipinski definition) is 3. The Balaban J connectivity index is 1.46. The van der Waals surface area contributed by atoms with Gasteiger partial charge in [0, 0.05) is 16.5 Å². The Bertz CT molecular complexity index is 1760. The highest BCUT2D eigenvalue weighted by Crippen LogP contribution is 2.36. The Morgan fingerprint density at radius 3 is 2.55 bits per heavy atom. The molecule has 3 N–H and O–H groups in total. The van der Waals surface area contributed by atoms with Gasteiger partial charge in [-0.25, -0.2) is 4.79 Å². The lowest BCUT2D eigenvalue weighted by molar-refractivity contribution is 0.0662. The number of hydrogen-bond acceptors (Lipinski definition) is 9. The van der Waals surface area contributed by atoms with E-state index >= 15 is 0 Å². The van der Waals surface area contributed by atoms with Gasteiger partial charge in [-0.05, 0) is 69.2 Å². The number of carboxylic acid groups (broad SMARTS) is 1. The summed E-state index contributed by atoms with van der Waals surface area (Å²) in [5.74, 6) is -0.421. The van der Waals surface area contributed by atoms with Crippen LogP contribution in [0.5, 0.6) is 11.5 Å². The number of aromatic carboxylic acids is 1. The van der Waals surface area contributed by atoms with Crippen molar-refractivity contribution in [2.45, 2.75) is 56.3 Å². The summed E-state index contributed by atoms with van der Waals surface area (Å²) in [6.45, 7) is 5.54. The van der Waals surface area contributed by atoms with Crippen molar-refractivity contribution in [2.24, 2.45) is 0 Å². The van der Waals surface area contributed by atoms with E-state index < -0.39 is 28.5 Å². The number of aromatic hydroxyl groups is 1. The Kier molecular flexibility index (Phi) is 10.9. The molecule has 0 aliphatic carbocycles. The van der Waals surface area contributed by atoms with E-state index in [0.717, 1.165) is 12.5 Å². The van der Waals surface area contributed by atoms with Gasteiger partial charge in [0.25, 0.3) is 0 Å². The predicted molar refractivity (Wildman–Crippen MR) is 168 cm³/mol. The molecule has 2 atom stereocenters. The maximum absolute atomic E-state index is 12.3. The zero-order valence-corrected chi connectivity index (χ0v) is 25.4. The molecule has 2 aromatic heterocycles. The lowest BCUT2D eigenvalue weighted by atomic mass is 10.0. The number of ketones is 1. The predicted octanol–water partition coefficient (Wildman–Crippen LogP) is 7.03. The number of benzene rings is 2. The fourth-order valence-electron chi connectivity index (χ4n) is 4.57. The highest BCUT2D eigenvalue weighted by atomic mass is 32.2. The van der Waals surface area contributed by atoms with Gasteiger partial charge < -0.3 is 28.9 Å². The molecule has 0 aliphatic heterocycles. The number of ether oxygens (including phenoxy) is 1. The van der Waals surface area contributed by atoms with Gasteiger partial charge in [0.1, 0.15) is 34.7 Å². The summed E-state index contributed by atoms with van der Waals surface area (Å²) in [6, 6.07) is 12.6. The second kappa shape index (κ2) is 14.8. The molecule has 0 aliphatic rings. The first-order chi connectivity index (χ1) is 21.1. The Morgan fingerprint density at radius 2 is 1.86 bits per heavy atom. The van der Waals surface area contributed by atoms with E-state index in [4.69, 9.17) is 13.6 Å². The number of phenolic OH excluding ortho intramolecular Hbond substituents is 1. The van der Waals surface area contributed by atoms with E-state index in [0.29, 0.717) is 47.2 Å². The van der Waals surface area contributed by atoms with Gasteiger partial charge in [-0.2, -0.15) is 0 Å². The van der Waals surface area contributed by atoms with Crippen molar-refractivity contribution in [2.75, 3.05) is 6.61 Å². The number of thioether (sulfide) groups is 1. The number of aliphatic hydroxyl groups excluding tert-OH is 1. The zero-order chi connectivity index (χ0) is 31.8. The number of carbonyl (C=O) groups is 2. The lowest BCUT2D eigenvalue weighted by Crippen LogP contribution is -2.12. The second-order valence-corrected chi connectivity index (χ2v) is 11.4. The molecule has 0 fully saturated rings. The smallest absolute Gasteiger partial charge is 0.371 e. The van der Waals surface area contributed by atoms with E-state index in [1.165, 1.54) is 18.7 Å². The van der Waals surface area contributed by atoms with Crippen molar-refractivity contribution in [1.29, 1.82) is 0 Å². The quantitative estimate of drug-likeness (QED) is 0.0582. The Hall–Kier alpha value is -4.54. The number of fused-ring (bicyclic) bond motifs is 1. The van der Waals surface area contributed by atoms with Crippen LogP contribution in [-0.4, -0.2) is 38.9 Å². The summed E-state index contributed by atoms with van der Waals surface area (Å²) in [7, 11) is 0. The van der Waals surface area contributed by atoms with E-state index in [9.17, 15) is 29.7 Å². The number of rotatable bonds is 14.